The number of carbonyl (C=O) groups excluding carboxylic acids is 1. The molecular formula is C29H25FN6O3. The Kier molecular flexibility index (Phi) is 6.84. The number of H-pyrrole nitrogens is 1. The first kappa shape index (κ1) is 24.5. The summed E-state index contributed by atoms with van der Waals surface area (Å²) < 4.78 is 24.4. The fourth-order valence-electron chi connectivity index (χ4n) is 4.48. The van der Waals surface area contributed by atoms with Crippen LogP contribution in [0.4, 0.5) is 15.8 Å². The molecule has 1 saturated heterocycles. The Morgan fingerprint density at radius 3 is 2.69 bits per heavy atom. The minimum atomic E-state index is -0.401. The molecule has 1 aliphatic heterocycles. The van der Waals surface area contributed by atoms with Gasteiger partial charge in [-0.2, -0.15) is 5.10 Å². The number of ether oxygens (including phenoxy) is 2. The quantitative estimate of drug-likeness (QED) is 0.247. The SMILES string of the molecule is O=C(Nc1ccc(Oc2cccc(F)c2)nc1)c1n[nH]c2ccc(-c3cncc(NC4CCOCC4)c3)cc12. The normalized spacial score (nSPS) is 13.8. The van der Waals surface area contributed by atoms with Crippen LogP contribution in [-0.2, 0) is 4.74 Å². The summed E-state index contributed by atoms with van der Waals surface area (Å²) in [5.41, 5.74) is 4.26. The van der Waals surface area contributed by atoms with Crippen LogP contribution in [0.2, 0.25) is 0 Å². The molecule has 0 saturated carbocycles. The lowest BCUT2D eigenvalue weighted by Crippen LogP contribution is -2.27. The van der Waals surface area contributed by atoms with Crippen LogP contribution in [0, 0.1) is 5.82 Å². The van der Waals surface area contributed by atoms with Gasteiger partial charge >= 0.3 is 0 Å². The smallest absolute Gasteiger partial charge is 0.276 e. The number of aromatic nitrogens is 4. The van der Waals surface area contributed by atoms with Crippen LogP contribution >= 0.6 is 0 Å². The summed E-state index contributed by atoms with van der Waals surface area (Å²) in [5.74, 6) is -0.178. The van der Waals surface area contributed by atoms with Crippen molar-refractivity contribution in [2.75, 3.05) is 23.8 Å². The Labute approximate surface area is 223 Å². The Hall–Kier alpha value is -4.83. The molecule has 0 spiro atoms. The number of amides is 1. The lowest BCUT2D eigenvalue weighted by atomic mass is 10.0. The number of aromatic amines is 1. The fraction of sp³-hybridized carbons (Fsp3) is 0.172. The van der Waals surface area contributed by atoms with E-state index < -0.39 is 5.82 Å². The van der Waals surface area contributed by atoms with E-state index in [2.05, 4.69) is 36.9 Å². The van der Waals surface area contributed by atoms with Gasteiger partial charge in [-0.15, -0.1) is 0 Å². The number of hydrogen-bond donors (Lipinski definition) is 3. The molecule has 3 N–H and O–H groups in total. The third kappa shape index (κ3) is 5.70. The highest BCUT2D eigenvalue weighted by Gasteiger charge is 2.17. The number of benzene rings is 2. The first-order chi connectivity index (χ1) is 19.1. The van der Waals surface area contributed by atoms with Crippen LogP contribution in [0.25, 0.3) is 22.0 Å². The summed E-state index contributed by atoms with van der Waals surface area (Å²) >= 11 is 0. The molecule has 2 aromatic carbocycles. The molecule has 0 bridgehead atoms. The zero-order chi connectivity index (χ0) is 26.6. The van der Waals surface area contributed by atoms with E-state index in [-0.39, 0.29) is 17.5 Å². The number of anilines is 2. The minimum absolute atomic E-state index is 0.261. The van der Waals surface area contributed by atoms with Gasteiger partial charge < -0.3 is 20.1 Å². The van der Waals surface area contributed by atoms with E-state index in [1.807, 2.05) is 24.4 Å². The maximum Gasteiger partial charge on any atom is 0.276 e. The van der Waals surface area contributed by atoms with E-state index >= 15 is 0 Å². The van der Waals surface area contributed by atoms with Crippen LogP contribution in [0.5, 0.6) is 11.6 Å². The molecule has 9 nitrogen and oxygen atoms in total. The molecule has 0 atom stereocenters. The molecule has 3 aromatic heterocycles. The summed E-state index contributed by atoms with van der Waals surface area (Å²) in [6.07, 6.45) is 7.01. The summed E-state index contributed by atoms with van der Waals surface area (Å²) in [6.45, 7) is 1.52. The van der Waals surface area contributed by atoms with Gasteiger partial charge in [-0.05, 0) is 54.8 Å². The van der Waals surface area contributed by atoms with Crippen molar-refractivity contribution in [2.45, 2.75) is 18.9 Å². The lowest BCUT2D eigenvalue weighted by molar-refractivity contribution is 0.0904. The molecule has 10 heteroatoms. The second-order valence-corrected chi connectivity index (χ2v) is 9.22. The Balaban J connectivity index is 1.17. The van der Waals surface area contributed by atoms with Crippen molar-refractivity contribution in [2.24, 2.45) is 0 Å². The minimum Gasteiger partial charge on any atom is -0.439 e. The van der Waals surface area contributed by atoms with Crippen molar-refractivity contribution < 1.29 is 18.7 Å². The summed E-state index contributed by atoms with van der Waals surface area (Å²) in [5, 5.41) is 14.2. The molecular weight excluding hydrogens is 499 g/mol. The molecule has 39 heavy (non-hydrogen) atoms. The average Bonchev–Trinajstić information content (AvgIpc) is 3.38. The van der Waals surface area contributed by atoms with Gasteiger partial charge in [0.1, 0.15) is 11.6 Å². The molecule has 0 aliphatic carbocycles. The number of halogens is 1. The Bertz CT molecular complexity index is 1620. The van der Waals surface area contributed by atoms with Crippen LogP contribution in [-0.4, -0.2) is 45.3 Å². The fourth-order valence-corrected chi connectivity index (χ4v) is 4.48. The van der Waals surface area contributed by atoms with Gasteiger partial charge in [-0.3, -0.25) is 14.9 Å². The summed E-state index contributed by atoms with van der Waals surface area (Å²) in [4.78, 5) is 21.7. The van der Waals surface area contributed by atoms with E-state index in [1.165, 1.54) is 18.3 Å². The molecule has 0 unspecified atom stereocenters. The molecule has 0 radical (unpaired) electrons. The Morgan fingerprint density at radius 1 is 0.974 bits per heavy atom. The standard InChI is InChI=1S/C29H25FN6O3/c30-20-2-1-3-24(14-20)39-27-7-5-22(17-32-27)34-29(37)28-25-13-18(4-6-26(25)35-36-28)19-12-23(16-31-15-19)33-21-8-10-38-11-9-21/h1-7,12-17,21,33H,8-11H2,(H,34,37)(H,35,36). The first-order valence-electron chi connectivity index (χ1n) is 12.6. The van der Waals surface area contributed by atoms with E-state index in [4.69, 9.17) is 9.47 Å². The van der Waals surface area contributed by atoms with Gasteiger partial charge in [-0.25, -0.2) is 9.37 Å². The van der Waals surface area contributed by atoms with Gasteiger partial charge in [0.05, 0.1) is 23.1 Å². The van der Waals surface area contributed by atoms with Crippen molar-refractivity contribution in [3.05, 3.63) is 90.8 Å². The molecule has 196 valence electrons. The van der Waals surface area contributed by atoms with E-state index in [0.29, 0.717) is 22.9 Å². The predicted molar refractivity (Wildman–Crippen MR) is 145 cm³/mol. The lowest BCUT2D eigenvalue weighted by Gasteiger charge is -2.24. The van der Waals surface area contributed by atoms with E-state index in [9.17, 15) is 9.18 Å². The maximum absolute atomic E-state index is 13.4. The van der Waals surface area contributed by atoms with Crippen LogP contribution < -0.4 is 15.4 Å². The van der Waals surface area contributed by atoms with Gasteiger partial charge in [0.15, 0.2) is 5.69 Å². The second-order valence-electron chi connectivity index (χ2n) is 9.22. The molecule has 4 heterocycles. The average molecular weight is 525 g/mol. The molecule has 5 aromatic rings. The second kappa shape index (κ2) is 10.9. The van der Waals surface area contributed by atoms with Crippen molar-refractivity contribution in [1.29, 1.82) is 0 Å². The number of fused-ring (bicyclic) bond motifs is 1. The van der Waals surface area contributed by atoms with Gasteiger partial charge in [0.2, 0.25) is 5.88 Å². The first-order valence-corrected chi connectivity index (χ1v) is 12.6. The van der Waals surface area contributed by atoms with Crippen molar-refractivity contribution in [3.63, 3.8) is 0 Å². The van der Waals surface area contributed by atoms with Gasteiger partial charge in [-0.1, -0.05) is 12.1 Å². The maximum atomic E-state index is 13.4. The monoisotopic (exact) mass is 524 g/mol. The van der Waals surface area contributed by atoms with Crippen molar-refractivity contribution in [1.82, 2.24) is 20.2 Å². The summed E-state index contributed by atoms with van der Waals surface area (Å²) in [7, 11) is 0. The van der Waals surface area contributed by atoms with Crippen LogP contribution in [0.3, 0.4) is 0 Å². The molecule has 1 amide bonds. The molecule has 1 aliphatic rings. The number of pyridine rings is 2. The number of nitrogens with one attached hydrogen (secondary N) is 3. The highest BCUT2D eigenvalue weighted by Crippen LogP contribution is 2.28. The van der Waals surface area contributed by atoms with Crippen LogP contribution in [0.15, 0.2) is 79.3 Å². The zero-order valence-electron chi connectivity index (χ0n) is 20.9. The largest absolute Gasteiger partial charge is 0.439 e. The van der Waals surface area contributed by atoms with Crippen molar-refractivity contribution in [3.8, 4) is 22.8 Å². The Morgan fingerprint density at radius 2 is 1.87 bits per heavy atom. The number of nitrogens with zero attached hydrogens (tertiary/aromatic N) is 3. The third-order valence-electron chi connectivity index (χ3n) is 6.45. The van der Waals surface area contributed by atoms with Gasteiger partial charge in [0, 0.05) is 54.7 Å². The highest BCUT2D eigenvalue weighted by molar-refractivity contribution is 6.11. The predicted octanol–water partition coefficient (Wildman–Crippen LogP) is 5.79. The number of rotatable bonds is 7. The molecule has 6 rings (SSSR count). The van der Waals surface area contributed by atoms with Crippen molar-refractivity contribution >= 4 is 28.2 Å². The number of hydrogen-bond acceptors (Lipinski definition) is 7. The third-order valence-corrected chi connectivity index (χ3v) is 6.45. The molecule has 1 fully saturated rings. The topological polar surface area (TPSA) is 114 Å². The van der Waals surface area contributed by atoms with E-state index in [1.54, 1.807) is 30.5 Å². The highest BCUT2D eigenvalue weighted by atomic mass is 19.1. The van der Waals surface area contributed by atoms with Crippen LogP contribution in [0.1, 0.15) is 23.3 Å². The zero-order valence-corrected chi connectivity index (χ0v) is 20.9. The summed E-state index contributed by atoms with van der Waals surface area (Å²) in [6, 6.07) is 17.2. The van der Waals surface area contributed by atoms with E-state index in [0.717, 1.165) is 48.4 Å². The number of carbonyl (C=O) groups is 1. The van der Waals surface area contributed by atoms with Gasteiger partial charge in [0.25, 0.3) is 5.91 Å².